The first-order valence-electron chi connectivity index (χ1n) is 10.5. The van der Waals surface area contributed by atoms with Crippen LogP contribution in [0.1, 0.15) is 60.8 Å². The van der Waals surface area contributed by atoms with Crippen molar-refractivity contribution in [1.82, 2.24) is 0 Å². The topological polar surface area (TPSA) is 18.5 Å². The SMILES string of the molecule is C=C[Si](CC)(CC)OC(C)(CC)[Si](C)(C=C)OC(CC)(CC)[Si](C)(C)C. The molecular formula is C21H46O2Si3. The normalized spacial score (nSPS) is 18.1. The Bertz CT molecular complexity index is 464. The van der Waals surface area contributed by atoms with E-state index in [9.17, 15) is 0 Å². The van der Waals surface area contributed by atoms with E-state index in [1.165, 1.54) is 0 Å². The first kappa shape index (κ1) is 26.1. The van der Waals surface area contributed by atoms with Crippen LogP contribution in [0, 0.1) is 0 Å². The molecule has 0 bridgehead atoms. The molecule has 2 unspecified atom stereocenters. The highest BCUT2D eigenvalue weighted by molar-refractivity contribution is 6.85. The largest absolute Gasteiger partial charge is 0.408 e. The third-order valence-corrected chi connectivity index (χ3v) is 19.1. The zero-order chi connectivity index (χ0) is 20.9. The Kier molecular flexibility index (Phi) is 9.52. The van der Waals surface area contributed by atoms with Crippen molar-refractivity contribution in [3.05, 3.63) is 24.6 Å². The van der Waals surface area contributed by atoms with E-state index in [0.717, 1.165) is 31.4 Å². The van der Waals surface area contributed by atoms with Crippen LogP contribution in [0.4, 0.5) is 0 Å². The highest BCUT2D eigenvalue weighted by atomic mass is 28.4. The summed E-state index contributed by atoms with van der Waals surface area (Å²) in [5.74, 6) is 0. The summed E-state index contributed by atoms with van der Waals surface area (Å²) in [4.78, 5) is 0. The quantitative estimate of drug-likeness (QED) is 0.297. The maximum atomic E-state index is 7.22. The second-order valence-corrected chi connectivity index (χ2v) is 22.5. The molecule has 26 heavy (non-hydrogen) atoms. The molecule has 2 atom stereocenters. The molecule has 0 radical (unpaired) electrons. The van der Waals surface area contributed by atoms with Gasteiger partial charge in [-0.2, -0.15) is 0 Å². The van der Waals surface area contributed by atoms with Crippen LogP contribution < -0.4 is 0 Å². The Labute approximate surface area is 167 Å². The Hall–Kier alpha value is 0.0506. The Morgan fingerprint density at radius 2 is 1.23 bits per heavy atom. The van der Waals surface area contributed by atoms with Gasteiger partial charge in [0.05, 0.1) is 13.3 Å². The van der Waals surface area contributed by atoms with Gasteiger partial charge in [0.15, 0.2) is 0 Å². The van der Waals surface area contributed by atoms with Crippen LogP contribution in [0.3, 0.4) is 0 Å². The fourth-order valence-corrected chi connectivity index (χ4v) is 14.5. The van der Waals surface area contributed by atoms with Crippen molar-refractivity contribution in [1.29, 1.82) is 0 Å². The highest BCUT2D eigenvalue weighted by Crippen LogP contribution is 2.42. The van der Waals surface area contributed by atoms with Crippen LogP contribution >= 0.6 is 0 Å². The molecule has 0 saturated heterocycles. The van der Waals surface area contributed by atoms with Gasteiger partial charge in [0.1, 0.15) is 0 Å². The molecule has 5 heteroatoms. The molecule has 0 aliphatic rings. The standard InChI is InChI=1S/C21H46O2Si3/c1-13-20(8,22-26(17-5,18-6)19-7)25(12,16-4)23-21(14-2,15-3)24(9,10)11/h16-17H,4-5,13-15,18-19H2,1-3,6-12H3. The molecule has 0 saturated carbocycles. The summed E-state index contributed by atoms with van der Waals surface area (Å²) >= 11 is 0. The molecule has 0 N–H and O–H groups in total. The fourth-order valence-electron chi connectivity index (χ4n) is 4.08. The van der Waals surface area contributed by atoms with Gasteiger partial charge in [0, 0.05) is 5.22 Å². The third kappa shape index (κ3) is 4.90. The minimum atomic E-state index is -2.36. The lowest BCUT2D eigenvalue weighted by molar-refractivity contribution is 0.0677. The van der Waals surface area contributed by atoms with Crippen molar-refractivity contribution in [3.8, 4) is 0 Å². The summed E-state index contributed by atoms with van der Waals surface area (Å²) in [5, 5.41) is -0.310. The smallest absolute Gasteiger partial charge is 0.243 e. The molecular weight excluding hydrogens is 368 g/mol. The average Bonchev–Trinajstić information content (AvgIpc) is 2.62. The van der Waals surface area contributed by atoms with Crippen molar-refractivity contribution in [2.75, 3.05) is 0 Å². The molecule has 0 aromatic heterocycles. The molecule has 0 rings (SSSR count). The minimum absolute atomic E-state index is 0.0290. The first-order chi connectivity index (χ1) is 11.8. The third-order valence-electron chi connectivity index (χ3n) is 7.03. The lowest BCUT2D eigenvalue weighted by Crippen LogP contribution is -2.67. The van der Waals surface area contributed by atoms with Gasteiger partial charge in [-0.25, -0.2) is 0 Å². The van der Waals surface area contributed by atoms with E-state index in [4.69, 9.17) is 8.85 Å². The predicted octanol–water partition coefficient (Wildman–Crippen LogP) is 7.17. The van der Waals surface area contributed by atoms with Gasteiger partial charge >= 0.3 is 0 Å². The number of hydrogen-bond donors (Lipinski definition) is 0. The molecule has 0 spiro atoms. The van der Waals surface area contributed by atoms with E-state index in [1.807, 2.05) is 0 Å². The van der Waals surface area contributed by atoms with E-state index >= 15 is 0 Å². The summed E-state index contributed by atoms with van der Waals surface area (Å²) in [7, 11) is -5.86. The van der Waals surface area contributed by atoms with E-state index in [1.54, 1.807) is 0 Å². The molecule has 0 amide bonds. The summed E-state index contributed by atoms with van der Waals surface area (Å²) in [6.07, 6.45) is 3.06. The predicted molar refractivity (Wildman–Crippen MR) is 126 cm³/mol. The summed E-state index contributed by atoms with van der Waals surface area (Å²) in [6, 6.07) is 2.12. The van der Waals surface area contributed by atoms with E-state index in [-0.39, 0.29) is 10.4 Å². The molecule has 154 valence electrons. The Morgan fingerprint density at radius 1 is 0.769 bits per heavy atom. The zero-order valence-electron chi connectivity index (χ0n) is 19.4. The van der Waals surface area contributed by atoms with E-state index < -0.39 is 24.7 Å². The van der Waals surface area contributed by atoms with Crippen LogP contribution in [0.2, 0.25) is 38.3 Å². The summed E-state index contributed by atoms with van der Waals surface area (Å²) in [5.41, 5.74) is 4.26. The fraction of sp³-hybridized carbons (Fsp3) is 0.810. The van der Waals surface area contributed by atoms with Crippen LogP contribution in [-0.4, -0.2) is 35.2 Å². The Balaban J connectivity index is 6.20. The van der Waals surface area contributed by atoms with Gasteiger partial charge in [0.25, 0.3) is 0 Å². The van der Waals surface area contributed by atoms with Crippen molar-refractivity contribution in [2.24, 2.45) is 0 Å². The molecule has 0 aromatic carbocycles. The summed E-state index contributed by atoms with van der Waals surface area (Å²) < 4.78 is 14.2. The zero-order valence-corrected chi connectivity index (χ0v) is 22.4. The van der Waals surface area contributed by atoms with Crippen LogP contribution in [0.15, 0.2) is 24.6 Å². The van der Waals surface area contributed by atoms with Gasteiger partial charge < -0.3 is 8.85 Å². The monoisotopic (exact) mass is 414 g/mol. The lowest BCUT2D eigenvalue weighted by atomic mass is 10.2. The Morgan fingerprint density at radius 3 is 1.46 bits per heavy atom. The summed E-state index contributed by atoms with van der Waals surface area (Å²) in [6.45, 7) is 31.6. The molecule has 2 nitrogen and oxygen atoms in total. The second kappa shape index (κ2) is 9.50. The van der Waals surface area contributed by atoms with Gasteiger partial charge in [-0.1, -0.05) is 65.7 Å². The van der Waals surface area contributed by atoms with Crippen molar-refractivity contribution in [2.45, 2.75) is 110 Å². The average molecular weight is 415 g/mol. The van der Waals surface area contributed by atoms with Crippen molar-refractivity contribution < 1.29 is 8.85 Å². The second-order valence-electron chi connectivity index (χ2n) is 9.03. The van der Waals surface area contributed by atoms with Crippen molar-refractivity contribution in [3.63, 3.8) is 0 Å². The number of hydrogen-bond acceptors (Lipinski definition) is 2. The first-order valence-corrected chi connectivity index (χ1v) is 18.9. The maximum absolute atomic E-state index is 7.22. The molecule has 0 aromatic rings. The van der Waals surface area contributed by atoms with Gasteiger partial charge in [-0.15, -0.1) is 13.2 Å². The lowest BCUT2D eigenvalue weighted by Gasteiger charge is -2.54. The van der Waals surface area contributed by atoms with Gasteiger partial charge in [-0.05, 0) is 44.8 Å². The van der Waals surface area contributed by atoms with Crippen LogP contribution in [0.25, 0.3) is 0 Å². The van der Waals surface area contributed by atoms with Crippen LogP contribution in [-0.2, 0) is 8.85 Å². The van der Waals surface area contributed by atoms with E-state index in [0.29, 0.717) is 0 Å². The highest BCUT2D eigenvalue weighted by Gasteiger charge is 2.55. The van der Waals surface area contributed by atoms with Crippen molar-refractivity contribution >= 4 is 24.7 Å². The molecule has 0 aliphatic heterocycles. The number of rotatable bonds is 13. The maximum Gasteiger partial charge on any atom is 0.243 e. The molecule has 0 heterocycles. The van der Waals surface area contributed by atoms with Crippen LogP contribution in [0.5, 0.6) is 0 Å². The molecule has 0 aliphatic carbocycles. The van der Waals surface area contributed by atoms with E-state index in [2.05, 4.69) is 92.3 Å². The molecule has 0 fully saturated rings. The minimum Gasteiger partial charge on any atom is -0.408 e. The van der Waals surface area contributed by atoms with Gasteiger partial charge in [-0.3, -0.25) is 0 Å². The van der Waals surface area contributed by atoms with Gasteiger partial charge in [0.2, 0.25) is 16.6 Å².